The Morgan fingerprint density at radius 2 is 2.33 bits per heavy atom. The molecule has 1 unspecified atom stereocenters. The Morgan fingerprint density at radius 1 is 1.57 bits per heavy atom. The number of carbonyl (C=O) groups excluding carboxylic acids is 1. The first kappa shape index (κ1) is 15.7. The standard InChI is InChI=1S/C13H20N4O3S/c1-16(2)9-4-3-5-17(7-9)13(20)14-6-11-15-10(8-21-11)12(18)19/h8-9H,3-7H2,1-2H3,(H,14,20)(H,18,19). The van der Waals surface area contributed by atoms with Gasteiger partial charge in [0.2, 0.25) is 0 Å². The average Bonchev–Trinajstić information content (AvgIpc) is 2.94. The number of nitrogens with one attached hydrogen (secondary N) is 1. The number of rotatable bonds is 4. The van der Waals surface area contributed by atoms with Gasteiger partial charge in [-0.2, -0.15) is 0 Å². The highest BCUT2D eigenvalue weighted by molar-refractivity contribution is 7.09. The zero-order valence-corrected chi connectivity index (χ0v) is 13.0. The van der Waals surface area contributed by atoms with Crippen LogP contribution in [0.15, 0.2) is 5.38 Å². The molecule has 0 bridgehead atoms. The van der Waals surface area contributed by atoms with E-state index in [0.717, 1.165) is 25.9 Å². The minimum Gasteiger partial charge on any atom is -0.476 e. The van der Waals surface area contributed by atoms with Gasteiger partial charge in [-0.3, -0.25) is 0 Å². The van der Waals surface area contributed by atoms with Gasteiger partial charge in [0.15, 0.2) is 5.69 Å². The molecule has 0 radical (unpaired) electrons. The molecule has 1 atom stereocenters. The van der Waals surface area contributed by atoms with Crippen LogP contribution >= 0.6 is 11.3 Å². The molecule has 1 aromatic rings. The van der Waals surface area contributed by atoms with Crippen LogP contribution in [-0.2, 0) is 6.54 Å². The molecule has 21 heavy (non-hydrogen) atoms. The first-order chi connectivity index (χ1) is 9.97. The lowest BCUT2D eigenvalue weighted by molar-refractivity contribution is 0.0691. The number of likely N-dealkylation sites (tertiary alicyclic amines) is 1. The van der Waals surface area contributed by atoms with Gasteiger partial charge in [-0.25, -0.2) is 14.6 Å². The second kappa shape index (κ2) is 6.86. The Kier molecular flexibility index (Phi) is 5.13. The van der Waals surface area contributed by atoms with Crippen LogP contribution in [0.25, 0.3) is 0 Å². The molecule has 0 spiro atoms. The topological polar surface area (TPSA) is 85.8 Å². The monoisotopic (exact) mass is 312 g/mol. The van der Waals surface area contributed by atoms with Gasteiger partial charge in [0.05, 0.1) is 6.54 Å². The quantitative estimate of drug-likeness (QED) is 0.869. The summed E-state index contributed by atoms with van der Waals surface area (Å²) in [5.41, 5.74) is 0.0230. The van der Waals surface area contributed by atoms with Crippen LogP contribution in [0, 0.1) is 0 Å². The third-order valence-corrected chi connectivity index (χ3v) is 4.42. The van der Waals surface area contributed by atoms with Crippen LogP contribution in [0.2, 0.25) is 0 Å². The maximum absolute atomic E-state index is 12.1. The lowest BCUT2D eigenvalue weighted by atomic mass is 10.1. The third-order valence-electron chi connectivity index (χ3n) is 3.58. The molecule has 8 heteroatoms. The summed E-state index contributed by atoms with van der Waals surface area (Å²) in [4.78, 5) is 30.8. The van der Waals surface area contributed by atoms with Crippen LogP contribution in [0.1, 0.15) is 28.3 Å². The van der Waals surface area contributed by atoms with Gasteiger partial charge in [0.1, 0.15) is 5.01 Å². The van der Waals surface area contributed by atoms with Gasteiger partial charge in [0.25, 0.3) is 0 Å². The van der Waals surface area contributed by atoms with E-state index < -0.39 is 5.97 Å². The number of carboxylic acid groups (broad SMARTS) is 1. The first-order valence-corrected chi connectivity index (χ1v) is 7.72. The summed E-state index contributed by atoms with van der Waals surface area (Å²) in [6.45, 7) is 1.74. The number of urea groups is 1. The molecule has 0 saturated carbocycles. The Morgan fingerprint density at radius 3 is 2.95 bits per heavy atom. The first-order valence-electron chi connectivity index (χ1n) is 6.84. The zero-order valence-electron chi connectivity index (χ0n) is 12.2. The number of aromatic nitrogens is 1. The SMILES string of the molecule is CN(C)C1CCCN(C(=O)NCc2nc(C(=O)O)cs2)C1. The van der Waals surface area contributed by atoms with Crippen molar-refractivity contribution in [2.45, 2.75) is 25.4 Å². The van der Waals surface area contributed by atoms with Crippen LogP contribution < -0.4 is 5.32 Å². The maximum atomic E-state index is 12.1. The minimum atomic E-state index is -1.05. The van der Waals surface area contributed by atoms with Crippen LogP contribution in [-0.4, -0.2) is 65.1 Å². The Bertz CT molecular complexity index is 517. The molecule has 1 aliphatic rings. The number of piperidine rings is 1. The van der Waals surface area contributed by atoms with Crippen molar-refractivity contribution in [3.05, 3.63) is 16.1 Å². The molecule has 0 aliphatic carbocycles. The lowest BCUT2D eigenvalue weighted by Gasteiger charge is -2.36. The molecule has 2 amide bonds. The van der Waals surface area contributed by atoms with E-state index in [1.807, 2.05) is 14.1 Å². The van der Waals surface area contributed by atoms with Gasteiger partial charge in [-0.1, -0.05) is 0 Å². The predicted molar refractivity (Wildman–Crippen MR) is 79.6 cm³/mol. The number of nitrogens with zero attached hydrogens (tertiary/aromatic N) is 3. The smallest absolute Gasteiger partial charge is 0.355 e. The summed E-state index contributed by atoms with van der Waals surface area (Å²) < 4.78 is 0. The van der Waals surface area contributed by atoms with Gasteiger partial charge >= 0.3 is 12.0 Å². The fourth-order valence-electron chi connectivity index (χ4n) is 2.31. The van der Waals surface area contributed by atoms with E-state index in [1.165, 1.54) is 16.7 Å². The van der Waals surface area contributed by atoms with Crippen LogP contribution in [0.3, 0.4) is 0 Å². The molecule has 116 valence electrons. The van der Waals surface area contributed by atoms with E-state index in [2.05, 4.69) is 15.2 Å². The normalized spacial score (nSPS) is 18.8. The van der Waals surface area contributed by atoms with E-state index in [0.29, 0.717) is 11.0 Å². The summed E-state index contributed by atoms with van der Waals surface area (Å²) in [6.07, 6.45) is 2.10. The summed E-state index contributed by atoms with van der Waals surface area (Å²) in [5, 5.41) is 13.7. The van der Waals surface area contributed by atoms with E-state index >= 15 is 0 Å². The molecule has 1 fully saturated rings. The third kappa shape index (κ3) is 4.15. The van der Waals surface area contributed by atoms with Crippen molar-refractivity contribution in [1.29, 1.82) is 0 Å². The number of likely N-dealkylation sites (N-methyl/N-ethyl adjacent to an activating group) is 1. The second-order valence-corrected chi connectivity index (χ2v) is 6.24. The highest BCUT2D eigenvalue weighted by Gasteiger charge is 2.24. The summed E-state index contributed by atoms with van der Waals surface area (Å²) >= 11 is 1.24. The van der Waals surface area contributed by atoms with Crippen molar-refractivity contribution in [3.8, 4) is 0 Å². The number of amides is 2. The Labute approximate surface area is 127 Å². The van der Waals surface area contributed by atoms with E-state index in [4.69, 9.17) is 5.11 Å². The molecular formula is C13H20N4O3S. The number of hydrogen-bond acceptors (Lipinski definition) is 5. The highest BCUT2D eigenvalue weighted by atomic mass is 32.1. The Balaban J connectivity index is 1.84. The fourth-order valence-corrected chi connectivity index (χ4v) is 3.02. The summed E-state index contributed by atoms with van der Waals surface area (Å²) in [6, 6.07) is 0.275. The minimum absolute atomic E-state index is 0.0230. The highest BCUT2D eigenvalue weighted by Crippen LogP contribution is 2.14. The van der Waals surface area contributed by atoms with E-state index in [-0.39, 0.29) is 18.3 Å². The van der Waals surface area contributed by atoms with Gasteiger partial charge < -0.3 is 20.2 Å². The van der Waals surface area contributed by atoms with Gasteiger partial charge in [-0.15, -0.1) is 11.3 Å². The fraction of sp³-hybridized carbons (Fsp3) is 0.615. The number of aromatic carboxylic acids is 1. The summed E-state index contributed by atoms with van der Waals surface area (Å²) in [7, 11) is 4.05. The van der Waals surface area contributed by atoms with Crippen molar-refractivity contribution in [2.75, 3.05) is 27.2 Å². The number of hydrogen-bond donors (Lipinski definition) is 2. The number of thiazole rings is 1. The van der Waals surface area contributed by atoms with Crippen LogP contribution in [0.4, 0.5) is 4.79 Å². The number of carbonyl (C=O) groups is 2. The molecule has 1 aliphatic heterocycles. The van der Waals surface area contributed by atoms with Crippen LogP contribution in [0.5, 0.6) is 0 Å². The van der Waals surface area contributed by atoms with Crippen molar-refractivity contribution in [1.82, 2.24) is 20.1 Å². The van der Waals surface area contributed by atoms with Gasteiger partial charge in [-0.05, 0) is 26.9 Å². The summed E-state index contributed by atoms with van der Waals surface area (Å²) in [5.74, 6) is -1.05. The molecule has 2 N–H and O–H groups in total. The molecule has 2 heterocycles. The van der Waals surface area contributed by atoms with Crippen molar-refractivity contribution in [3.63, 3.8) is 0 Å². The second-order valence-electron chi connectivity index (χ2n) is 5.30. The molecule has 1 aromatic heterocycles. The molecule has 0 aromatic carbocycles. The lowest BCUT2D eigenvalue weighted by Crippen LogP contribution is -2.50. The molecule has 1 saturated heterocycles. The molecule has 2 rings (SSSR count). The van der Waals surface area contributed by atoms with E-state index in [9.17, 15) is 9.59 Å². The van der Waals surface area contributed by atoms with Gasteiger partial charge in [0, 0.05) is 24.5 Å². The predicted octanol–water partition coefficient (Wildman–Crippen LogP) is 1.08. The Hall–Kier alpha value is -1.67. The average molecular weight is 312 g/mol. The van der Waals surface area contributed by atoms with Crippen molar-refractivity contribution >= 4 is 23.3 Å². The number of carboxylic acids is 1. The molecule has 7 nitrogen and oxygen atoms in total. The maximum Gasteiger partial charge on any atom is 0.355 e. The largest absolute Gasteiger partial charge is 0.476 e. The van der Waals surface area contributed by atoms with Crippen molar-refractivity contribution in [2.24, 2.45) is 0 Å². The van der Waals surface area contributed by atoms with Crippen molar-refractivity contribution < 1.29 is 14.7 Å². The van der Waals surface area contributed by atoms with E-state index in [1.54, 1.807) is 4.90 Å². The zero-order chi connectivity index (χ0) is 15.4. The molecular weight excluding hydrogens is 292 g/mol.